The number of aliphatic carboxylic acids is 1. The second kappa shape index (κ2) is 17.8. The first-order chi connectivity index (χ1) is 18.4. The van der Waals surface area contributed by atoms with Crippen molar-refractivity contribution in [2.24, 2.45) is 5.92 Å². The Balaban J connectivity index is 0.00000533. The predicted octanol–water partition coefficient (Wildman–Crippen LogP) is 5.84. The van der Waals surface area contributed by atoms with Crippen LogP contribution in [0.5, 0.6) is 0 Å². The van der Waals surface area contributed by atoms with E-state index in [2.05, 4.69) is 5.32 Å². The van der Waals surface area contributed by atoms with Crippen molar-refractivity contribution >= 4 is 42.5 Å². The number of ether oxygens (including phenoxy) is 2. The third kappa shape index (κ3) is 10.6. The fourth-order valence-electron chi connectivity index (χ4n) is 5.15. The van der Waals surface area contributed by atoms with Crippen molar-refractivity contribution in [3.8, 4) is 11.1 Å². The van der Waals surface area contributed by atoms with Gasteiger partial charge < -0.3 is 19.9 Å². The SMILES string of the molecule is CCOCC(CC1CCCCC1)OCc1ccc(C(=O)NC(CCSC)C(=O)O)c(-c2ccccc2C)c1.[LiH]. The standard InChI is InChI=1S/C31H43NO5S.Li.H/c1-4-36-21-25(18-23-11-6-5-7-12-23)37-20-24-14-15-27(28(19-24)26-13-9-8-10-22(26)2)30(33)32-29(31(34)35)16-17-38-3;;/h8-10,13-15,19,23,25,29H,4-7,11-12,16-18,20-21H2,1-3H3,(H,32,33)(H,34,35);;. The zero-order chi connectivity index (χ0) is 27.3. The van der Waals surface area contributed by atoms with Gasteiger partial charge in [-0.15, -0.1) is 0 Å². The third-order valence-electron chi connectivity index (χ3n) is 7.29. The van der Waals surface area contributed by atoms with Crippen LogP contribution < -0.4 is 5.32 Å². The Kier molecular flexibility index (Phi) is 15.3. The molecule has 2 aromatic rings. The molecule has 39 heavy (non-hydrogen) atoms. The average molecular weight is 550 g/mol. The molecule has 1 aliphatic carbocycles. The van der Waals surface area contributed by atoms with Gasteiger partial charge in [-0.25, -0.2) is 4.79 Å². The molecule has 8 heteroatoms. The molecule has 3 rings (SSSR count). The zero-order valence-electron chi connectivity index (χ0n) is 23.0. The summed E-state index contributed by atoms with van der Waals surface area (Å²) in [7, 11) is 0. The van der Waals surface area contributed by atoms with Gasteiger partial charge in [0.2, 0.25) is 0 Å². The van der Waals surface area contributed by atoms with E-state index in [9.17, 15) is 14.7 Å². The minimum absolute atomic E-state index is 0. The molecule has 210 valence electrons. The molecule has 2 unspecified atom stereocenters. The van der Waals surface area contributed by atoms with Crippen molar-refractivity contribution in [1.29, 1.82) is 0 Å². The first-order valence-corrected chi connectivity index (χ1v) is 15.2. The first-order valence-electron chi connectivity index (χ1n) is 13.8. The fraction of sp³-hybridized carbons (Fsp3) is 0.548. The molecule has 0 heterocycles. The number of nitrogens with one attached hydrogen (secondary N) is 1. The average Bonchev–Trinajstić information content (AvgIpc) is 2.93. The van der Waals surface area contributed by atoms with Crippen LogP contribution in [0, 0.1) is 12.8 Å². The zero-order valence-corrected chi connectivity index (χ0v) is 23.9. The number of amides is 1. The van der Waals surface area contributed by atoms with Gasteiger partial charge in [0, 0.05) is 12.2 Å². The fourth-order valence-corrected chi connectivity index (χ4v) is 5.62. The van der Waals surface area contributed by atoms with Gasteiger partial charge in [0.05, 0.1) is 19.3 Å². The molecule has 2 atom stereocenters. The summed E-state index contributed by atoms with van der Waals surface area (Å²) in [5, 5.41) is 12.4. The number of carboxylic acids is 1. The number of carbonyl (C=O) groups is 2. The van der Waals surface area contributed by atoms with E-state index in [0.29, 0.717) is 43.5 Å². The number of carbonyl (C=O) groups excluding carboxylic acids is 1. The molecule has 6 nitrogen and oxygen atoms in total. The second-order valence-electron chi connectivity index (χ2n) is 10.2. The van der Waals surface area contributed by atoms with Gasteiger partial charge in [0.25, 0.3) is 5.91 Å². The third-order valence-corrected chi connectivity index (χ3v) is 7.94. The molecule has 0 aromatic heterocycles. The summed E-state index contributed by atoms with van der Waals surface area (Å²) < 4.78 is 12.1. The Labute approximate surface area is 250 Å². The summed E-state index contributed by atoms with van der Waals surface area (Å²) in [5.41, 5.74) is 4.21. The Bertz CT molecular complexity index is 1040. The van der Waals surface area contributed by atoms with Crippen LogP contribution in [0.2, 0.25) is 0 Å². The summed E-state index contributed by atoms with van der Waals surface area (Å²) in [6.07, 6.45) is 9.81. The number of aryl methyl sites for hydroxylation is 1. The van der Waals surface area contributed by atoms with Crippen LogP contribution in [0.4, 0.5) is 0 Å². The molecule has 0 radical (unpaired) electrons. The van der Waals surface area contributed by atoms with Crippen LogP contribution in [0.25, 0.3) is 11.1 Å². The quantitative estimate of drug-likeness (QED) is 0.272. The molecule has 2 aromatic carbocycles. The van der Waals surface area contributed by atoms with E-state index in [0.717, 1.165) is 28.7 Å². The van der Waals surface area contributed by atoms with E-state index in [1.807, 2.05) is 56.5 Å². The maximum atomic E-state index is 13.3. The number of carboxylic acid groups (broad SMARTS) is 1. The first kappa shape index (κ1) is 33.5. The van der Waals surface area contributed by atoms with Gasteiger partial charge in [0.1, 0.15) is 6.04 Å². The number of hydrogen-bond donors (Lipinski definition) is 2. The number of benzene rings is 2. The van der Waals surface area contributed by atoms with Crippen LogP contribution in [0.1, 0.15) is 73.4 Å². The molecule has 0 aliphatic heterocycles. The van der Waals surface area contributed by atoms with Crippen LogP contribution in [-0.4, -0.2) is 73.2 Å². The van der Waals surface area contributed by atoms with E-state index < -0.39 is 12.0 Å². The molecule has 0 saturated heterocycles. The Hall–Kier alpha value is -1.75. The van der Waals surface area contributed by atoms with E-state index in [1.165, 1.54) is 32.1 Å². The summed E-state index contributed by atoms with van der Waals surface area (Å²) in [5.74, 6) is -0.0536. The van der Waals surface area contributed by atoms with Crippen LogP contribution in [0.15, 0.2) is 42.5 Å². The van der Waals surface area contributed by atoms with Gasteiger partial charge in [-0.2, -0.15) is 11.8 Å². The molecule has 1 saturated carbocycles. The van der Waals surface area contributed by atoms with Gasteiger partial charge in [-0.3, -0.25) is 4.79 Å². The van der Waals surface area contributed by atoms with Crippen molar-refractivity contribution in [2.45, 2.75) is 77.5 Å². The maximum absolute atomic E-state index is 13.3. The molecular formula is C31H44LiNO5S. The molecule has 0 spiro atoms. The van der Waals surface area contributed by atoms with Gasteiger partial charge >= 0.3 is 24.8 Å². The van der Waals surface area contributed by atoms with E-state index in [1.54, 1.807) is 17.8 Å². The molecule has 2 N–H and O–H groups in total. The monoisotopic (exact) mass is 549 g/mol. The molecular weight excluding hydrogens is 505 g/mol. The van der Waals surface area contributed by atoms with Gasteiger partial charge in [-0.05, 0) is 79.0 Å². The number of hydrogen-bond acceptors (Lipinski definition) is 5. The Morgan fingerprint density at radius 3 is 2.51 bits per heavy atom. The summed E-state index contributed by atoms with van der Waals surface area (Å²) in [6.45, 7) is 5.70. The van der Waals surface area contributed by atoms with Crippen LogP contribution in [0.3, 0.4) is 0 Å². The topological polar surface area (TPSA) is 84.9 Å². The van der Waals surface area contributed by atoms with Crippen molar-refractivity contribution in [3.63, 3.8) is 0 Å². The molecule has 1 aliphatic rings. The summed E-state index contributed by atoms with van der Waals surface area (Å²) in [6, 6.07) is 12.7. The van der Waals surface area contributed by atoms with Crippen molar-refractivity contribution in [1.82, 2.24) is 5.32 Å². The Morgan fingerprint density at radius 1 is 1.10 bits per heavy atom. The minimum atomic E-state index is -1.02. The number of rotatable bonds is 15. The van der Waals surface area contributed by atoms with Gasteiger partial charge in [0.15, 0.2) is 0 Å². The summed E-state index contributed by atoms with van der Waals surface area (Å²) >= 11 is 1.56. The molecule has 0 bridgehead atoms. The predicted molar refractivity (Wildman–Crippen MR) is 162 cm³/mol. The van der Waals surface area contributed by atoms with Gasteiger partial charge in [-0.1, -0.05) is 62.4 Å². The van der Waals surface area contributed by atoms with Crippen LogP contribution >= 0.6 is 11.8 Å². The van der Waals surface area contributed by atoms with Crippen LogP contribution in [-0.2, 0) is 20.9 Å². The van der Waals surface area contributed by atoms with E-state index >= 15 is 0 Å². The van der Waals surface area contributed by atoms with Crippen molar-refractivity contribution in [2.75, 3.05) is 25.2 Å². The normalized spacial score (nSPS) is 15.3. The van der Waals surface area contributed by atoms with E-state index in [4.69, 9.17) is 9.47 Å². The summed E-state index contributed by atoms with van der Waals surface area (Å²) in [4.78, 5) is 25.1. The molecule has 1 amide bonds. The molecule has 1 fully saturated rings. The van der Waals surface area contributed by atoms with E-state index in [-0.39, 0.29) is 30.9 Å². The van der Waals surface area contributed by atoms with Crippen molar-refractivity contribution < 1.29 is 24.2 Å². The van der Waals surface area contributed by atoms with Crippen molar-refractivity contribution in [3.05, 3.63) is 59.2 Å². The Morgan fingerprint density at radius 2 is 1.85 bits per heavy atom. The second-order valence-corrected chi connectivity index (χ2v) is 11.2. The number of thioether (sulfide) groups is 1.